The highest BCUT2D eigenvalue weighted by atomic mass is 31.0. The number of amides is 3. The first-order valence-electron chi connectivity index (χ1n) is 10.2. The maximum Gasteiger partial charge on any atom is 0.332 e. The summed E-state index contributed by atoms with van der Waals surface area (Å²) in [7, 11) is 2.61. The Morgan fingerprint density at radius 2 is 1.84 bits per heavy atom. The van der Waals surface area contributed by atoms with Gasteiger partial charge in [0.1, 0.15) is 5.54 Å². The second kappa shape index (κ2) is 8.39. The number of aromatic nitrogens is 2. The molecule has 3 amide bonds. The van der Waals surface area contributed by atoms with Gasteiger partial charge >= 0.3 is 6.03 Å². The number of nitrogens with one attached hydrogen (secondary N) is 1. The highest BCUT2D eigenvalue weighted by Gasteiger charge is 2.52. The molecule has 1 fully saturated rings. The zero-order chi connectivity index (χ0) is 23.1. The normalized spacial score (nSPS) is 16.7. The van der Waals surface area contributed by atoms with Gasteiger partial charge in [-0.1, -0.05) is 18.2 Å². The summed E-state index contributed by atoms with van der Waals surface area (Å²) in [6.45, 7) is 12.0. The van der Waals surface area contributed by atoms with E-state index >= 15 is 0 Å². The summed E-state index contributed by atoms with van der Waals surface area (Å²) in [5.74, 6) is -0.276. The van der Waals surface area contributed by atoms with E-state index in [1.807, 2.05) is 32.9 Å². The zero-order valence-electron chi connectivity index (χ0n) is 19.0. The molecule has 2 heterocycles. The number of hydrogen-bond acceptors (Lipinski definition) is 4. The first-order chi connectivity index (χ1) is 14.4. The topological polar surface area (TPSA) is 82.3 Å². The second-order valence-electron chi connectivity index (χ2n) is 8.67. The van der Waals surface area contributed by atoms with E-state index in [9.17, 15) is 9.59 Å². The summed E-state index contributed by atoms with van der Waals surface area (Å²) < 4.78 is 1.65. The largest absolute Gasteiger partial charge is 0.332 e. The SMILES string of the molecule is CC(=N)/C(Cn1cc(N2C(=O)N(Cc3ccc(C)c(C)c3)C(C)(C)C2=O)cn1)=C(/C)P. The summed E-state index contributed by atoms with van der Waals surface area (Å²) >= 11 is 0. The number of allylic oxidation sites excluding steroid dienone is 2. The van der Waals surface area contributed by atoms with Crippen LogP contribution in [0, 0.1) is 19.3 Å². The lowest BCUT2D eigenvalue weighted by Crippen LogP contribution is -2.43. The highest BCUT2D eigenvalue weighted by Crippen LogP contribution is 2.33. The van der Waals surface area contributed by atoms with Gasteiger partial charge in [-0.2, -0.15) is 5.10 Å². The summed E-state index contributed by atoms with van der Waals surface area (Å²) in [6.07, 6.45) is 3.21. The number of nitrogens with zero attached hydrogens (tertiary/aromatic N) is 4. The van der Waals surface area contributed by atoms with Gasteiger partial charge in [0.2, 0.25) is 0 Å². The average Bonchev–Trinajstić information content (AvgIpc) is 3.19. The van der Waals surface area contributed by atoms with Crippen molar-refractivity contribution in [2.45, 2.75) is 60.2 Å². The molecule has 7 nitrogen and oxygen atoms in total. The Hall–Kier alpha value is -2.79. The van der Waals surface area contributed by atoms with Crippen molar-refractivity contribution in [3.05, 3.63) is 58.2 Å². The molecule has 164 valence electrons. The van der Waals surface area contributed by atoms with E-state index in [0.717, 1.165) is 22.0 Å². The van der Waals surface area contributed by atoms with Gasteiger partial charge in [0.05, 0.1) is 18.4 Å². The molecule has 2 aromatic rings. The van der Waals surface area contributed by atoms with Gasteiger partial charge in [0, 0.05) is 18.5 Å². The Morgan fingerprint density at radius 1 is 1.16 bits per heavy atom. The third-order valence-corrected chi connectivity index (χ3v) is 6.21. The summed E-state index contributed by atoms with van der Waals surface area (Å²) in [5, 5.41) is 13.2. The second-order valence-corrected chi connectivity index (χ2v) is 9.54. The highest BCUT2D eigenvalue weighted by molar-refractivity contribution is 7.22. The van der Waals surface area contributed by atoms with Crippen molar-refractivity contribution in [2.75, 3.05) is 4.90 Å². The van der Waals surface area contributed by atoms with Crippen molar-refractivity contribution in [3.63, 3.8) is 0 Å². The summed E-state index contributed by atoms with van der Waals surface area (Å²) in [5.41, 5.74) is 4.10. The van der Waals surface area contributed by atoms with E-state index in [0.29, 0.717) is 24.5 Å². The fourth-order valence-corrected chi connectivity index (χ4v) is 3.98. The molecule has 3 rings (SSSR count). The monoisotopic (exact) mass is 439 g/mol. The number of hydrogen-bond donors (Lipinski definition) is 1. The molecule has 1 aliphatic heterocycles. The van der Waals surface area contributed by atoms with Crippen LogP contribution in [0.15, 0.2) is 41.5 Å². The number of benzene rings is 1. The molecule has 1 aromatic heterocycles. The molecule has 31 heavy (non-hydrogen) atoms. The lowest BCUT2D eigenvalue weighted by molar-refractivity contribution is -0.123. The number of imide groups is 1. The van der Waals surface area contributed by atoms with Gasteiger partial charge in [-0.25, -0.2) is 9.69 Å². The number of carbonyl (C=O) groups excluding carboxylic acids is 2. The van der Waals surface area contributed by atoms with Gasteiger partial charge in [-0.3, -0.25) is 9.48 Å². The fraction of sp³-hybridized carbons (Fsp3) is 0.391. The van der Waals surface area contributed by atoms with Crippen LogP contribution in [-0.2, 0) is 17.9 Å². The van der Waals surface area contributed by atoms with Gasteiger partial charge in [-0.15, -0.1) is 9.24 Å². The van der Waals surface area contributed by atoms with Crippen LogP contribution in [0.5, 0.6) is 0 Å². The van der Waals surface area contributed by atoms with E-state index in [-0.39, 0.29) is 11.9 Å². The van der Waals surface area contributed by atoms with E-state index in [2.05, 4.69) is 20.4 Å². The third-order valence-electron chi connectivity index (χ3n) is 5.86. The van der Waals surface area contributed by atoms with Crippen LogP contribution in [0.25, 0.3) is 0 Å². The van der Waals surface area contributed by atoms with Crippen LogP contribution in [0.3, 0.4) is 0 Å². The number of aryl methyl sites for hydroxylation is 2. The van der Waals surface area contributed by atoms with E-state index in [1.54, 1.807) is 36.5 Å². The molecule has 0 radical (unpaired) electrons. The quantitative estimate of drug-likeness (QED) is 0.411. The molecular formula is C23H30N5O2P. The minimum atomic E-state index is -0.967. The fourth-order valence-electron chi connectivity index (χ4n) is 3.67. The molecule has 1 aliphatic rings. The minimum Gasteiger partial charge on any atom is -0.305 e. The van der Waals surface area contributed by atoms with E-state index in [4.69, 9.17) is 5.41 Å². The molecular weight excluding hydrogens is 409 g/mol. The first-order valence-corrected chi connectivity index (χ1v) is 10.8. The van der Waals surface area contributed by atoms with Crippen molar-refractivity contribution >= 4 is 32.6 Å². The molecule has 1 atom stereocenters. The molecule has 1 N–H and O–H groups in total. The van der Waals surface area contributed by atoms with Crippen molar-refractivity contribution in [2.24, 2.45) is 0 Å². The predicted octanol–water partition coefficient (Wildman–Crippen LogP) is 4.44. The Kier molecular flexibility index (Phi) is 6.19. The number of urea groups is 1. The van der Waals surface area contributed by atoms with Gasteiger partial charge < -0.3 is 10.3 Å². The number of rotatable bonds is 6. The van der Waals surface area contributed by atoms with Crippen LogP contribution in [-0.4, -0.2) is 37.9 Å². The van der Waals surface area contributed by atoms with Crippen LogP contribution < -0.4 is 4.90 Å². The molecule has 0 spiro atoms. The molecule has 8 heteroatoms. The van der Waals surface area contributed by atoms with Crippen LogP contribution in [0.4, 0.5) is 10.5 Å². The van der Waals surface area contributed by atoms with Crippen molar-refractivity contribution in [3.8, 4) is 0 Å². The third kappa shape index (κ3) is 4.33. The Morgan fingerprint density at radius 3 is 2.42 bits per heavy atom. The van der Waals surface area contributed by atoms with Crippen LogP contribution >= 0.6 is 9.24 Å². The molecule has 0 aliphatic carbocycles. The molecule has 0 bridgehead atoms. The first kappa shape index (κ1) is 22.9. The zero-order valence-corrected chi connectivity index (χ0v) is 20.1. The smallest absolute Gasteiger partial charge is 0.305 e. The van der Waals surface area contributed by atoms with Crippen molar-refractivity contribution < 1.29 is 9.59 Å². The average molecular weight is 440 g/mol. The summed E-state index contributed by atoms with van der Waals surface area (Å²) in [4.78, 5) is 29.3. The maximum absolute atomic E-state index is 13.3. The Labute approximate surface area is 185 Å². The van der Waals surface area contributed by atoms with Crippen molar-refractivity contribution in [1.29, 1.82) is 5.41 Å². The van der Waals surface area contributed by atoms with Crippen LogP contribution in [0.1, 0.15) is 44.4 Å². The van der Waals surface area contributed by atoms with Gasteiger partial charge in [0.25, 0.3) is 5.91 Å². The lowest BCUT2D eigenvalue weighted by atomic mass is 10.0. The van der Waals surface area contributed by atoms with Gasteiger partial charge in [0.15, 0.2) is 0 Å². The van der Waals surface area contributed by atoms with Gasteiger partial charge in [-0.05, 0) is 69.1 Å². The molecule has 0 saturated carbocycles. The minimum absolute atomic E-state index is 0.276. The Bertz CT molecular complexity index is 1100. The lowest BCUT2D eigenvalue weighted by Gasteiger charge is -2.28. The number of anilines is 1. The Balaban J connectivity index is 1.88. The maximum atomic E-state index is 13.3. The molecule has 1 saturated heterocycles. The number of carbonyl (C=O) groups is 2. The summed E-state index contributed by atoms with van der Waals surface area (Å²) in [6, 6.07) is 5.73. The van der Waals surface area contributed by atoms with E-state index < -0.39 is 5.54 Å². The predicted molar refractivity (Wildman–Crippen MR) is 126 cm³/mol. The molecule has 1 unspecified atom stereocenters. The van der Waals surface area contributed by atoms with E-state index in [1.165, 1.54) is 16.7 Å². The van der Waals surface area contributed by atoms with Crippen molar-refractivity contribution in [1.82, 2.24) is 14.7 Å². The standard InChI is InChI=1S/C23H30N5O2P/c1-14-7-8-18(9-15(14)2)11-27-22(30)28(21(29)23(27,5)6)19-10-25-26(12-19)13-20(16(3)24)17(4)31/h7-10,12,24H,11,13,31H2,1-6H3/b20-17-,24-16?. The molecule has 1 aromatic carbocycles. The van der Waals surface area contributed by atoms with Crippen LogP contribution in [0.2, 0.25) is 0 Å².